The molecule has 1 fully saturated rings. The number of anilines is 2. The zero-order valence-electron chi connectivity index (χ0n) is 16.9. The Bertz CT molecular complexity index is 1130. The Balaban J connectivity index is 1.27. The van der Waals surface area contributed by atoms with Gasteiger partial charge < -0.3 is 19.6 Å². The topological polar surface area (TPSA) is 104 Å². The molecule has 0 spiro atoms. The number of thioether (sulfide) groups is 1. The zero-order valence-corrected chi connectivity index (χ0v) is 19.3. The lowest BCUT2D eigenvalue weighted by Gasteiger charge is -2.34. The molecule has 0 bridgehead atoms. The van der Waals surface area contributed by atoms with Gasteiger partial charge in [-0.15, -0.1) is 10.2 Å². The van der Waals surface area contributed by atoms with Crippen molar-refractivity contribution in [2.45, 2.75) is 11.3 Å². The highest BCUT2D eigenvalue weighted by Gasteiger charge is 2.25. The van der Waals surface area contributed by atoms with Crippen LogP contribution in [0.25, 0.3) is 0 Å². The molecule has 1 aliphatic rings. The SMILES string of the molecule is Cc1cc(NC(=O)CSc2nnc(N3CCN(C(=O)c4ccc(F)cc4Cl)CC3)s2)no1. The van der Waals surface area contributed by atoms with E-state index in [0.717, 1.165) is 11.2 Å². The second-order valence-corrected chi connectivity index (χ2v) is 9.50. The van der Waals surface area contributed by atoms with E-state index in [0.29, 0.717) is 42.1 Å². The standard InChI is InChI=1S/C19H18ClFN6O3S2/c1-11-8-15(25-30-11)22-16(28)10-31-19-24-23-18(32-19)27-6-4-26(5-7-27)17(29)13-3-2-12(21)9-14(13)20/h2-3,8-9H,4-7,10H2,1H3,(H,22,25,28). The fourth-order valence-electron chi connectivity index (χ4n) is 3.05. The van der Waals surface area contributed by atoms with Crippen LogP contribution in [-0.2, 0) is 4.79 Å². The van der Waals surface area contributed by atoms with Gasteiger partial charge >= 0.3 is 0 Å². The van der Waals surface area contributed by atoms with Crippen molar-refractivity contribution < 1.29 is 18.5 Å². The first kappa shape index (κ1) is 22.5. The van der Waals surface area contributed by atoms with Crippen molar-refractivity contribution in [1.29, 1.82) is 0 Å². The average molecular weight is 497 g/mol. The van der Waals surface area contributed by atoms with E-state index in [1.807, 2.05) is 4.90 Å². The number of benzene rings is 1. The predicted molar refractivity (Wildman–Crippen MR) is 120 cm³/mol. The summed E-state index contributed by atoms with van der Waals surface area (Å²) >= 11 is 8.69. The maximum atomic E-state index is 13.2. The van der Waals surface area contributed by atoms with Crippen LogP contribution in [-0.4, -0.2) is 64.0 Å². The lowest BCUT2D eigenvalue weighted by atomic mass is 10.1. The quantitative estimate of drug-likeness (QED) is 0.518. The molecule has 3 heterocycles. The first-order valence-corrected chi connectivity index (χ1v) is 11.8. The summed E-state index contributed by atoms with van der Waals surface area (Å²) in [6.45, 7) is 3.86. The van der Waals surface area contributed by atoms with Gasteiger partial charge in [0.15, 0.2) is 10.2 Å². The molecule has 0 atom stereocenters. The third-order valence-electron chi connectivity index (χ3n) is 4.62. The van der Waals surface area contributed by atoms with E-state index in [4.69, 9.17) is 16.1 Å². The zero-order chi connectivity index (χ0) is 22.7. The van der Waals surface area contributed by atoms with Crippen molar-refractivity contribution in [2.24, 2.45) is 0 Å². The summed E-state index contributed by atoms with van der Waals surface area (Å²) in [7, 11) is 0. The van der Waals surface area contributed by atoms with Crippen LogP contribution in [0, 0.1) is 12.7 Å². The Morgan fingerprint density at radius 1 is 1.25 bits per heavy atom. The summed E-state index contributed by atoms with van der Waals surface area (Å²) in [6, 6.07) is 5.40. The number of amides is 2. The molecule has 1 N–H and O–H groups in total. The molecule has 9 nitrogen and oxygen atoms in total. The highest BCUT2D eigenvalue weighted by molar-refractivity contribution is 8.01. The van der Waals surface area contributed by atoms with E-state index in [-0.39, 0.29) is 28.2 Å². The van der Waals surface area contributed by atoms with Gasteiger partial charge in [0.05, 0.1) is 16.3 Å². The van der Waals surface area contributed by atoms with Crippen LogP contribution < -0.4 is 10.2 Å². The fourth-order valence-corrected chi connectivity index (χ4v) is 4.99. The number of aromatic nitrogens is 3. The van der Waals surface area contributed by atoms with E-state index >= 15 is 0 Å². The molecule has 0 radical (unpaired) electrons. The van der Waals surface area contributed by atoms with E-state index in [9.17, 15) is 14.0 Å². The molecule has 0 saturated carbocycles. The molecule has 1 aliphatic heterocycles. The van der Waals surface area contributed by atoms with E-state index in [1.165, 1.54) is 35.2 Å². The molecular formula is C19H18ClFN6O3S2. The molecule has 0 aliphatic carbocycles. The lowest BCUT2D eigenvalue weighted by molar-refractivity contribution is -0.113. The van der Waals surface area contributed by atoms with Crippen LogP contribution in [0.1, 0.15) is 16.1 Å². The minimum atomic E-state index is -0.480. The molecule has 168 valence electrons. The van der Waals surface area contributed by atoms with Crippen LogP contribution in [0.2, 0.25) is 5.02 Å². The van der Waals surface area contributed by atoms with Gasteiger partial charge in [0.1, 0.15) is 11.6 Å². The summed E-state index contributed by atoms with van der Waals surface area (Å²) in [4.78, 5) is 28.4. The van der Waals surface area contributed by atoms with E-state index in [2.05, 4.69) is 20.7 Å². The van der Waals surface area contributed by atoms with Gasteiger partial charge in [0.25, 0.3) is 5.91 Å². The first-order valence-electron chi connectivity index (χ1n) is 9.58. The van der Waals surface area contributed by atoms with Gasteiger partial charge in [-0.05, 0) is 25.1 Å². The number of rotatable bonds is 6. The van der Waals surface area contributed by atoms with Gasteiger partial charge in [0.2, 0.25) is 11.0 Å². The van der Waals surface area contributed by atoms with Crippen molar-refractivity contribution in [1.82, 2.24) is 20.3 Å². The van der Waals surface area contributed by atoms with E-state index < -0.39 is 5.82 Å². The van der Waals surface area contributed by atoms with Crippen molar-refractivity contribution in [3.8, 4) is 0 Å². The van der Waals surface area contributed by atoms with Crippen LogP contribution in [0.5, 0.6) is 0 Å². The summed E-state index contributed by atoms with van der Waals surface area (Å²) in [6.07, 6.45) is 0. The summed E-state index contributed by atoms with van der Waals surface area (Å²) in [5, 5.41) is 15.6. The molecule has 0 unspecified atom stereocenters. The molecular weight excluding hydrogens is 479 g/mol. The number of hydrogen-bond acceptors (Lipinski definition) is 9. The number of piperazine rings is 1. The minimum absolute atomic E-state index is 0.103. The minimum Gasteiger partial charge on any atom is -0.360 e. The maximum absolute atomic E-state index is 13.2. The molecule has 2 amide bonds. The van der Waals surface area contributed by atoms with Gasteiger partial charge in [-0.2, -0.15) is 0 Å². The van der Waals surface area contributed by atoms with Gasteiger partial charge in [-0.1, -0.05) is 39.9 Å². The summed E-state index contributed by atoms with van der Waals surface area (Å²) < 4.78 is 18.8. The number of nitrogens with zero attached hydrogens (tertiary/aromatic N) is 5. The van der Waals surface area contributed by atoms with Crippen molar-refractivity contribution >= 4 is 57.5 Å². The summed E-state index contributed by atoms with van der Waals surface area (Å²) in [5.74, 6) is 0.237. The average Bonchev–Trinajstić information content (AvgIpc) is 3.41. The number of hydrogen-bond donors (Lipinski definition) is 1. The second kappa shape index (κ2) is 9.84. The molecule has 1 saturated heterocycles. The summed E-state index contributed by atoms with van der Waals surface area (Å²) in [5.41, 5.74) is 0.287. The smallest absolute Gasteiger partial charge is 0.255 e. The third kappa shape index (κ3) is 5.37. The normalized spacial score (nSPS) is 14.0. The Morgan fingerprint density at radius 2 is 2.03 bits per heavy atom. The molecule has 4 rings (SSSR count). The fraction of sp³-hybridized carbons (Fsp3) is 0.316. The lowest BCUT2D eigenvalue weighted by Crippen LogP contribution is -2.48. The van der Waals surface area contributed by atoms with Crippen LogP contribution >= 0.6 is 34.7 Å². The number of carbonyl (C=O) groups excluding carboxylic acids is 2. The maximum Gasteiger partial charge on any atom is 0.255 e. The molecule has 32 heavy (non-hydrogen) atoms. The van der Waals surface area contributed by atoms with Crippen molar-refractivity contribution in [3.05, 3.63) is 46.4 Å². The Morgan fingerprint density at radius 3 is 2.72 bits per heavy atom. The monoisotopic (exact) mass is 496 g/mol. The van der Waals surface area contributed by atoms with Gasteiger partial charge in [0, 0.05) is 32.2 Å². The highest BCUT2D eigenvalue weighted by Crippen LogP contribution is 2.29. The molecule has 13 heteroatoms. The number of carbonyl (C=O) groups is 2. The van der Waals surface area contributed by atoms with Crippen molar-refractivity contribution in [2.75, 3.05) is 42.1 Å². The predicted octanol–water partition coefficient (Wildman–Crippen LogP) is 3.32. The van der Waals surface area contributed by atoms with Crippen LogP contribution in [0.3, 0.4) is 0 Å². The van der Waals surface area contributed by atoms with Crippen LogP contribution in [0.4, 0.5) is 15.3 Å². The highest BCUT2D eigenvalue weighted by atomic mass is 35.5. The Labute approximate surface area is 195 Å². The third-order valence-corrected chi connectivity index (χ3v) is 7.05. The first-order chi connectivity index (χ1) is 15.4. The second-order valence-electron chi connectivity index (χ2n) is 6.91. The molecule has 1 aromatic carbocycles. The Kier molecular flexibility index (Phi) is 6.92. The molecule has 2 aromatic heterocycles. The molecule has 3 aromatic rings. The number of aryl methyl sites for hydroxylation is 1. The van der Waals surface area contributed by atoms with Crippen molar-refractivity contribution in [3.63, 3.8) is 0 Å². The largest absolute Gasteiger partial charge is 0.360 e. The Hall–Kier alpha value is -2.70. The van der Waals surface area contributed by atoms with Crippen LogP contribution in [0.15, 0.2) is 33.1 Å². The van der Waals surface area contributed by atoms with Gasteiger partial charge in [-0.3, -0.25) is 9.59 Å². The van der Waals surface area contributed by atoms with E-state index in [1.54, 1.807) is 17.9 Å². The number of halogens is 2. The van der Waals surface area contributed by atoms with Gasteiger partial charge in [-0.25, -0.2) is 4.39 Å². The number of nitrogens with one attached hydrogen (secondary N) is 1.